The van der Waals surface area contributed by atoms with Crippen molar-refractivity contribution < 1.29 is 9.18 Å². The fourth-order valence-corrected chi connectivity index (χ4v) is 4.20. The van der Waals surface area contributed by atoms with E-state index in [2.05, 4.69) is 51.7 Å². The molecule has 1 aliphatic rings. The van der Waals surface area contributed by atoms with Crippen molar-refractivity contribution in [3.63, 3.8) is 0 Å². The van der Waals surface area contributed by atoms with Crippen molar-refractivity contribution in [2.24, 2.45) is 5.92 Å². The van der Waals surface area contributed by atoms with E-state index in [1.807, 2.05) is 18.2 Å². The number of nitrogens with one attached hydrogen (secondary N) is 2. The Hall–Kier alpha value is -3.06. The summed E-state index contributed by atoms with van der Waals surface area (Å²) in [5.74, 6) is -0.802. The van der Waals surface area contributed by atoms with Crippen molar-refractivity contribution in [3.05, 3.63) is 54.2 Å². The summed E-state index contributed by atoms with van der Waals surface area (Å²) >= 11 is 1.41. The van der Waals surface area contributed by atoms with E-state index in [1.165, 1.54) is 16.9 Å². The molecule has 2 heterocycles. The van der Waals surface area contributed by atoms with Gasteiger partial charge in [0.15, 0.2) is 5.13 Å². The molecule has 2 N–H and O–H groups in total. The molecule has 0 bridgehead atoms. The van der Waals surface area contributed by atoms with E-state index in [4.69, 9.17) is 0 Å². The summed E-state index contributed by atoms with van der Waals surface area (Å²) in [7, 11) is 0. The molecule has 5 nitrogen and oxygen atoms in total. The maximum Gasteiger partial charge on any atom is 0.232 e. The number of halogens is 1. The molecule has 2 unspecified atom stereocenters. The minimum Gasteiger partial charge on any atom is -0.302 e. The van der Waals surface area contributed by atoms with Gasteiger partial charge in [0.1, 0.15) is 6.17 Å². The highest BCUT2D eigenvalue weighted by Crippen LogP contribution is 2.37. The van der Waals surface area contributed by atoms with Crippen molar-refractivity contribution in [3.8, 4) is 22.4 Å². The van der Waals surface area contributed by atoms with Crippen LogP contribution in [-0.2, 0) is 4.79 Å². The summed E-state index contributed by atoms with van der Waals surface area (Å²) in [5, 5.41) is 10.4. The number of thiazole rings is 1. The Morgan fingerprint density at radius 1 is 1.21 bits per heavy atom. The molecule has 2 atom stereocenters. The molecule has 2 aromatic heterocycles. The molecule has 1 aliphatic carbocycles. The highest BCUT2D eigenvalue weighted by molar-refractivity contribution is 7.22. The van der Waals surface area contributed by atoms with Gasteiger partial charge in [-0.15, -0.1) is 0 Å². The summed E-state index contributed by atoms with van der Waals surface area (Å²) in [6.07, 6.45) is 1.11. The lowest BCUT2D eigenvalue weighted by Gasteiger charge is -2.08. The van der Waals surface area contributed by atoms with Crippen LogP contribution in [0.15, 0.2) is 48.7 Å². The van der Waals surface area contributed by atoms with Crippen LogP contribution in [0.3, 0.4) is 0 Å². The molecule has 7 heteroatoms. The van der Waals surface area contributed by atoms with Crippen molar-refractivity contribution >= 4 is 32.6 Å². The lowest BCUT2D eigenvalue weighted by atomic mass is 9.97. The largest absolute Gasteiger partial charge is 0.302 e. The lowest BCUT2D eigenvalue weighted by Crippen LogP contribution is -2.14. The molecule has 28 heavy (non-hydrogen) atoms. The molecule has 1 saturated carbocycles. The van der Waals surface area contributed by atoms with E-state index >= 15 is 0 Å². The van der Waals surface area contributed by atoms with Crippen LogP contribution >= 0.6 is 11.3 Å². The summed E-state index contributed by atoms with van der Waals surface area (Å²) in [6, 6.07) is 14.3. The van der Waals surface area contributed by atoms with E-state index in [1.54, 1.807) is 6.20 Å². The fourth-order valence-electron chi connectivity index (χ4n) is 3.29. The van der Waals surface area contributed by atoms with Gasteiger partial charge in [-0.1, -0.05) is 29.5 Å². The van der Waals surface area contributed by atoms with Crippen molar-refractivity contribution in [1.82, 2.24) is 15.2 Å². The molecule has 4 aromatic rings. The number of rotatable bonds is 4. The Bertz CT molecular complexity index is 1180. The normalized spacial score (nSPS) is 18.4. The maximum absolute atomic E-state index is 13.1. The molecule has 5 rings (SSSR count). The summed E-state index contributed by atoms with van der Waals surface area (Å²) in [6.45, 7) is 2.08. The average Bonchev–Trinajstić information content (AvgIpc) is 3.09. The van der Waals surface area contributed by atoms with Crippen LogP contribution in [0, 0.1) is 12.8 Å². The number of hydrogen-bond acceptors (Lipinski definition) is 4. The number of aryl methyl sites for hydroxylation is 1. The number of anilines is 1. The van der Waals surface area contributed by atoms with Crippen molar-refractivity contribution in [2.75, 3.05) is 5.32 Å². The molecule has 1 fully saturated rings. The quantitative estimate of drug-likeness (QED) is 0.516. The number of alkyl halides is 1. The van der Waals surface area contributed by atoms with Crippen LogP contribution in [0.4, 0.5) is 9.52 Å². The van der Waals surface area contributed by atoms with E-state index in [9.17, 15) is 9.18 Å². The number of aromatic nitrogens is 3. The first kappa shape index (κ1) is 17.1. The lowest BCUT2D eigenvalue weighted by molar-refractivity contribution is -0.117. The van der Waals surface area contributed by atoms with Gasteiger partial charge in [0.25, 0.3) is 0 Å². The first-order valence-electron chi connectivity index (χ1n) is 9.05. The van der Waals surface area contributed by atoms with Gasteiger partial charge in [-0.2, -0.15) is 5.10 Å². The van der Waals surface area contributed by atoms with Crippen LogP contribution in [0.5, 0.6) is 0 Å². The number of H-pyrrole nitrogens is 1. The number of carbonyl (C=O) groups is 1. The zero-order chi connectivity index (χ0) is 19.3. The van der Waals surface area contributed by atoms with E-state index in [-0.39, 0.29) is 5.91 Å². The predicted octanol–water partition coefficient (Wildman–Crippen LogP) is 4.96. The van der Waals surface area contributed by atoms with Gasteiger partial charge in [0.2, 0.25) is 5.91 Å². The number of benzene rings is 2. The highest BCUT2D eigenvalue weighted by atomic mass is 32.1. The molecule has 0 radical (unpaired) electrons. The first-order chi connectivity index (χ1) is 13.6. The second kappa shape index (κ2) is 6.53. The van der Waals surface area contributed by atoms with Gasteiger partial charge in [-0.25, -0.2) is 9.37 Å². The molecular formula is C21H17FN4OS. The molecule has 2 aromatic carbocycles. The zero-order valence-electron chi connectivity index (χ0n) is 15.1. The van der Waals surface area contributed by atoms with E-state index in [0.717, 1.165) is 32.6 Å². The number of carbonyl (C=O) groups excluding carboxylic acids is 1. The molecule has 140 valence electrons. The Morgan fingerprint density at radius 3 is 2.79 bits per heavy atom. The van der Waals surface area contributed by atoms with Crippen LogP contribution in [-0.4, -0.2) is 27.3 Å². The van der Waals surface area contributed by atoms with Crippen LogP contribution in [0.2, 0.25) is 0 Å². The number of nitrogens with zero attached hydrogens (tertiary/aromatic N) is 2. The smallest absolute Gasteiger partial charge is 0.232 e. The van der Waals surface area contributed by atoms with Gasteiger partial charge in [0, 0.05) is 11.8 Å². The Labute approximate surface area is 164 Å². The monoisotopic (exact) mass is 392 g/mol. The third kappa shape index (κ3) is 3.07. The number of fused-ring (bicyclic) bond motifs is 1. The standard InChI is InChI=1S/C21H17FN4OS/c1-11-2-3-13(17-6-7-23-26-17)8-14(11)12-4-5-18-19(9-12)28-21(24-18)25-20(27)15-10-16(15)22/h2-9,15-16H,10H2,1H3,(H,23,26)(H,24,25,27). The Balaban J connectivity index is 1.48. The van der Waals surface area contributed by atoms with Gasteiger partial charge in [0.05, 0.1) is 21.8 Å². The minimum absolute atomic E-state index is 0.283. The second-order valence-corrected chi connectivity index (χ2v) is 8.07. The fraction of sp³-hybridized carbons (Fsp3) is 0.190. The zero-order valence-corrected chi connectivity index (χ0v) is 15.9. The summed E-state index contributed by atoms with van der Waals surface area (Å²) in [4.78, 5) is 16.4. The minimum atomic E-state index is -1.01. The molecule has 0 saturated heterocycles. The van der Waals surface area contributed by atoms with E-state index in [0.29, 0.717) is 11.6 Å². The average molecular weight is 392 g/mol. The van der Waals surface area contributed by atoms with Gasteiger partial charge >= 0.3 is 0 Å². The van der Waals surface area contributed by atoms with Crippen LogP contribution in [0.25, 0.3) is 32.6 Å². The number of aromatic amines is 1. The third-order valence-electron chi connectivity index (χ3n) is 5.01. The first-order valence-corrected chi connectivity index (χ1v) is 9.87. The summed E-state index contributed by atoms with van der Waals surface area (Å²) < 4.78 is 14.0. The predicted molar refractivity (Wildman–Crippen MR) is 109 cm³/mol. The van der Waals surface area contributed by atoms with Crippen molar-refractivity contribution in [2.45, 2.75) is 19.5 Å². The van der Waals surface area contributed by atoms with Gasteiger partial charge in [-0.3, -0.25) is 9.89 Å². The number of amides is 1. The highest BCUT2D eigenvalue weighted by Gasteiger charge is 2.43. The maximum atomic E-state index is 13.1. The number of hydrogen-bond donors (Lipinski definition) is 2. The van der Waals surface area contributed by atoms with Crippen LogP contribution in [0.1, 0.15) is 12.0 Å². The molecule has 0 aliphatic heterocycles. The molecular weight excluding hydrogens is 375 g/mol. The SMILES string of the molecule is Cc1ccc(-c2cc[nH]n2)cc1-c1ccc2nc(NC(=O)C3CC3F)sc2c1. The molecule has 1 amide bonds. The molecule has 0 spiro atoms. The van der Waals surface area contributed by atoms with Gasteiger partial charge < -0.3 is 5.32 Å². The topological polar surface area (TPSA) is 70.7 Å². The summed E-state index contributed by atoms with van der Waals surface area (Å²) in [5.41, 5.74) is 6.13. The van der Waals surface area contributed by atoms with Crippen LogP contribution < -0.4 is 5.32 Å². The van der Waals surface area contributed by atoms with Gasteiger partial charge in [-0.05, 0) is 54.3 Å². The van der Waals surface area contributed by atoms with Crippen molar-refractivity contribution in [1.29, 1.82) is 0 Å². The Morgan fingerprint density at radius 2 is 2.04 bits per heavy atom. The third-order valence-corrected chi connectivity index (χ3v) is 5.95. The van der Waals surface area contributed by atoms with E-state index < -0.39 is 12.1 Å². The Kier molecular flexibility index (Phi) is 3.98. The second-order valence-electron chi connectivity index (χ2n) is 7.04.